The summed E-state index contributed by atoms with van der Waals surface area (Å²) in [5, 5.41) is 9.25. The summed E-state index contributed by atoms with van der Waals surface area (Å²) >= 11 is 0. The molecule has 46 heavy (non-hydrogen) atoms. The Labute approximate surface area is 266 Å². The van der Waals surface area contributed by atoms with E-state index < -0.39 is 0 Å². The SMILES string of the molecule is c1ccc(-c2ccccc2-c2nc(-c3cccc4ccccc34)nc(-c3c4ccccc4cc4c3ccc3ccccc34)n2)cc1. The fourth-order valence-corrected chi connectivity index (χ4v) is 6.76. The Morgan fingerprint density at radius 3 is 1.63 bits per heavy atom. The van der Waals surface area contributed by atoms with Gasteiger partial charge in [-0.2, -0.15) is 0 Å². The zero-order valence-electron chi connectivity index (χ0n) is 24.9. The molecular weight excluding hydrogens is 558 g/mol. The Bertz CT molecular complexity index is 2580. The summed E-state index contributed by atoms with van der Waals surface area (Å²) in [6.07, 6.45) is 0. The minimum atomic E-state index is 0.647. The average Bonchev–Trinajstić information content (AvgIpc) is 3.13. The fraction of sp³-hybridized carbons (Fsp3) is 0. The van der Waals surface area contributed by atoms with Gasteiger partial charge in [0.1, 0.15) is 0 Å². The average molecular weight is 586 g/mol. The van der Waals surface area contributed by atoms with Crippen molar-refractivity contribution in [1.29, 1.82) is 0 Å². The molecule has 0 saturated carbocycles. The number of benzene rings is 8. The fourth-order valence-electron chi connectivity index (χ4n) is 6.76. The van der Waals surface area contributed by atoms with E-state index in [-0.39, 0.29) is 0 Å². The van der Waals surface area contributed by atoms with Crippen LogP contribution < -0.4 is 0 Å². The van der Waals surface area contributed by atoms with E-state index in [1.807, 2.05) is 6.07 Å². The van der Waals surface area contributed by atoms with Crippen LogP contribution in [0.15, 0.2) is 164 Å². The topological polar surface area (TPSA) is 38.7 Å². The minimum absolute atomic E-state index is 0.647. The van der Waals surface area contributed by atoms with Gasteiger partial charge in [-0.1, -0.05) is 158 Å². The molecule has 0 aliphatic rings. The first-order valence-corrected chi connectivity index (χ1v) is 15.5. The van der Waals surface area contributed by atoms with Gasteiger partial charge in [-0.25, -0.2) is 15.0 Å². The molecule has 3 nitrogen and oxygen atoms in total. The molecule has 0 atom stereocenters. The van der Waals surface area contributed by atoms with Crippen LogP contribution in [-0.2, 0) is 0 Å². The van der Waals surface area contributed by atoms with Crippen LogP contribution in [0.4, 0.5) is 0 Å². The summed E-state index contributed by atoms with van der Waals surface area (Å²) in [6, 6.07) is 57.4. The van der Waals surface area contributed by atoms with E-state index in [0.717, 1.165) is 54.7 Å². The monoisotopic (exact) mass is 585 g/mol. The lowest BCUT2D eigenvalue weighted by Gasteiger charge is -2.16. The second kappa shape index (κ2) is 10.8. The zero-order valence-corrected chi connectivity index (χ0v) is 24.9. The van der Waals surface area contributed by atoms with Crippen molar-refractivity contribution in [3.8, 4) is 45.3 Å². The van der Waals surface area contributed by atoms with E-state index in [1.54, 1.807) is 0 Å². The van der Waals surface area contributed by atoms with Crippen LogP contribution in [0.2, 0.25) is 0 Å². The van der Waals surface area contributed by atoms with E-state index >= 15 is 0 Å². The van der Waals surface area contributed by atoms with Crippen LogP contribution >= 0.6 is 0 Å². The van der Waals surface area contributed by atoms with Crippen LogP contribution in [0.25, 0.3) is 88.4 Å². The van der Waals surface area contributed by atoms with E-state index in [0.29, 0.717) is 17.5 Å². The molecule has 0 amide bonds. The molecule has 0 N–H and O–H groups in total. The lowest BCUT2D eigenvalue weighted by molar-refractivity contribution is 1.08. The highest BCUT2D eigenvalue weighted by Gasteiger charge is 2.20. The number of hydrogen-bond acceptors (Lipinski definition) is 3. The van der Waals surface area contributed by atoms with Crippen molar-refractivity contribution < 1.29 is 0 Å². The second-order valence-electron chi connectivity index (χ2n) is 11.6. The molecular formula is C43H27N3. The van der Waals surface area contributed by atoms with Crippen LogP contribution in [0, 0.1) is 0 Å². The Morgan fingerprint density at radius 2 is 0.826 bits per heavy atom. The Hall–Kier alpha value is -6.19. The summed E-state index contributed by atoms with van der Waals surface area (Å²) in [5.74, 6) is 1.96. The van der Waals surface area contributed by atoms with Gasteiger partial charge in [0.25, 0.3) is 0 Å². The second-order valence-corrected chi connectivity index (χ2v) is 11.6. The molecule has 9 rings (SSSR count). The van der Waals surface area contributed by atoms with Crippen LogP contribution in [0.1, 0.15) is 0 Å². The molecule has 0 aliphatic heterocycles. The molecule has 1 aromatic heterocycles. The summed E-state index contributed by atoms with van der Waals surface area (Å²) < 4.78 is 0. The normalized spacial score (nSPS) is 11.5. The highest BCUT2D eigenvalue weighted by atomic mass is 15.0. The molecule has 0 aliphatic carbocycles. The minimum Gasteiger partial charge on any atom is -0.208 e. The molecule has 0 spiro atoms. The number of aromatic nitrogens is 3. The van der Waals surface area contributed by atoms with E-state index in [4.69, 9.17) is 15.0 Å². The van der Waals surface area contributed by atoms with Crippen molar-refractivity contribution in [2.24, 2.45) is 0 Å². The molecule has 0 radical (unpaired) electrons. The highest BCUT2D eigenvalue weighted by molar-refractivity contribution is 6.19. The Balaban J connectivity index is 1.41. The van der Waals surface area contributed by atoms with Crippen molar-refractivity contribution >= 4 is 43.1 Å². The third-order valence-corrected chi connectivity index (χ3v) is 8.91. The first-order chi connectivity index (χ1) is 22.8. The Morgan fingerprint density at radius 1 is 0.283 bits per heavy atom. The first-order valence-electron chi connectivity index (χ1n) is 15.5. The van der Waals surface area contributed by atoms with Gasteiger partial charge in [-0.05, 0) is 60.3 Å². The van der Waals surface area contributed by atoms with Gasteiger partial charge in [0.15, 0.2) is 17.5 Å². The van der Waals surface area contributed by atoms with Gasteiger partial charge in [0, 0.05) is 16.7 Å². The number of hydrogen-bond donors (Lipinski definition) is 0. The third kappa shape index (κ3) is 4.33. The lowest BCUT2D eigenvalue weighted by atomic mass is 9.93. The van der Waals surface area contributed by atoms with Crippen LogP contribution in [0.3, 0.4) is 0 Å². The maximum Gasteiger partial charge on any atom is 0.165 e. The van der Waals surface area contributed by atoms with Crippen molar-refractivity contribution in [3.05, 3.63) is 164 Å². The predicted octanol–water partition coefficient (Wildman–Crippen LogP) is 11.2. The zero-order chi connectivity index (χ0) is 30.5. The molecule has 3 heteroatoms. The molecule has 0 fully saturated rings. The maximum atomic E-state index is 5.32. The standard InChI is InChI=1S/C43H27N3/c1-2-13-28(14-3-1)32-20-10-11-23-37(32)41-44-42(38-24-12-18-29-15-4-7-19-33(29)38)46-43(45-41)40-35-22-9-6-17-31(35)27-39-34-21-8-5-16-30(34)25-26-36(39)40/h1-27H. The van der Waals surface area contributed by atoms with Crippen molar-refractivity contribution in [3.63, 3.8) is 0 Å². The molecule has 214 valence electrons. The molecule has 1 heterocycles. The van der Waals surface area contributed by atoms with E-state index in [1.165, 1.54) is 16.2 Å². The lowest BCUT2D eigenvalue weighted by Crippen LogP contribution is -2.02. The van der Waals surface area contributed by atoms with Crippen LogP contribution in [-0.4, -0.2) is 15.0 Å². The maximum absolute atomic E-state index is 5.32. The van der Waals surface area contributed by atoms with Gasteiger partial charge in [0.05, 0.1) is 0 Å². The van der Waals surface area contributed by atoms with Gasteiger partial charge < -0.3 is 0 Å². The largest absolute Gasteiger partial charge is 0.208 e. The van der Waals surface area contributed by atoms with Gasteiger partial charge in [0.2, 0.25) is 0 Å². The summed E-state index contributed by atoms with van der Waals surface area (Å²) in [7, 11) is 0. The van der Waals surface area contributed by atoms with Gasteiger partial charge >= 0.3 is 0 Å². The van der Waals surface area contributed by atoms with Gasteiger partial charge in [-0.3, -0.25) is 0 Å². The Kier molecular flexibility index (Phi) is 6.14. The summed E-state index contributed by atoms with van der Waals surface area (Å²) in [5.41, 5.74) is 5.16. The van der Waals surface area contributed by atoms with E-state index in [9.17, 15) is 0 Å². The third-order valence-electron chi connectivity index (χ3n) is 8.91. The number of rotatable bonds is 4. The van der Waals surface area contributed by atoms with Crippen molar-refractivity contribution in [2.45, 2.75) is 0 Å². The first kappa shape index (κ1) is 26.2. The van der Waals surface area contributed by atoms with Crippen LogP contribution in [0.5, 0.6) is 0 Å². The summed E-state index contributed by atoms with van der Waals surface area (Å²) in [6.45, 7) is 0. The number of fused-ring (bicyclic) bond motifs is 5. The molecule has 9 aromatic rings. The molecule has 0 saturated heterocycles. The number of nitrogens with zero attached hydrogens (tertiary/aromatic N) is 3. The van der Waals surface area contributed by atoms with Crippen molar-refractivity contribution in [1.82, 2.24) is 15.0 Å². The molecule has 0 unspecified atom stereocenters. The predicted molar refractivity (Wildman–Crippen MR) is 192 cm³/mol. The molecule has 0 bridgehead atoms. The quantitative estimate of drug-likeness (QED) is 0.152. The molecule has 8 aromatic carbocycles. The summed E-state index contributed by atoms with van der Waals surface area (Å²) in [4.78, 5) is 15.9. The van der Waals surface area contributed by atoms with E-state index in [2.05, 4.69) is 158 Å². The van der Waals surface area contributed by atoms with Gasteiger partial charge in [-0.15, -0.1) is 0 Å². The van der Waals surface area contributed by atoms with Crippen molar-refractivity contribution in [2.75, 3.05) is 0 Å². The smallest absolute Gasteiger partial charge is 0.165 e. The highest BCUT2D eigenvalue weighted by Crippen LogP contribution is 2.40.